The van der Waals surface area contributed by atoms with Crippen LogP contribution in [-0.4, -0.2) is 46.3 Å². The van der Waals surface area contributed by atoms with Gasteiger partial charge in [0.1, 0.15) is 0 Å². The first-order valence-electron chi connectivity index (χ1n) is 9.38. The van der Waals surface area contributed by atoms with Gasteiger partial charge in [-0.15, -0.1) is 10.2 Å². The second kappa shape index (κ2) is 7.76. The molecule has 1 aromatic carbocycles. The predicted octanol–water partition coefficient (Wildman–Crippen LogP) is 3.30. The third-order valence-corrected chi connectivity index (χ3v) is 5.43. The fourth-order valence-electron chi connectivity index (χ4n) is 4.03. The molecule has 1 N–H and O–H groups in total. The normalized spacial score (nSPS) is 21.4. The molecule has 0 radical (unpaired) electrons. The lowest BCUT2D eigenvalue weighted by Gasteiger charge is -2.37. The zero-order valence-electron chi connectivity index (χ0n) is 15.7. The van der Waals surface area contributed by atoms with Crippen LogP contribution in [-0.2, 0) is 11.3 Å². The van der Waals surface area contributed by atoms with Crippen molar-refractivity contribution in [3.8, 4) is 11.5 Å². The molecule has 0 saturated heterocycles. The maximum Gasteiger partial charge on any atom is 0.407 e. The van der Waals surface area contributed by atoms with E-state index < -0.39 is 18.4 Å². The van der Waals surface area contributed by atoms with Crippen LogP contribution < -0.4 is 5.32 Å². The molecule has 154 valence electrons. The van der Waals surface area contributed by atoms with Gasteiger partial charge in [-0.2, -0.15) is 8.78 Å². The smallest absolute Gasteiger partial charge is 0.407 e. The molecule has 8 nitrogen and oxygen atoms in total. The van der Waals surface area contributed by atoms with E-state index in [4.69, 9.17) is 9.15 Å². The number of rotatable bonds is 4. The fraction of sp³-hybridized carbons (Fsp3) is 0.474. The number of hydrogen-bond donors (Lipinski definition) is 1. The topological polar surface area (TPSA) is 97.6 Å². The summed E-state index contributed by atoms with van der Waals surface area (Å²) < 4.78 is 35.1. The summed E-state index contributed by atoms with van der Waals surface area (Å²) in [6.45, 7) is 0.421. The molecule has 2 aliphatic rings. The first-order valence-corrected chi connectivity index (χ1v) is 9.38. The van der Waals surface area contributed by atoms with E-state index in [9.17, 15) is 18.4 Å². The number of alkyl halides is 2. The number of benzene rings is 1. The monoisotopic (exact) mass is 406 g/mol. The summed E-state index contributed by atoms with van der Waals surface area (Å²) in [5.74, 6) is -0.983. The number of nitrogens with one attached hydrogen (secondary N) is 1. The van der Waals surface area contributed by atoms with Crippen LogP contribution in [0.1, 0.15) is 53.9 Å². The highest BCUT2D eigenvalue weighted by Crippen LogP contribution is 2.33. The van der Waals surface area contributed by atoms with Gasteiger partial charge in [-0.1, -0.05) is 18.9 Å². The number of nitrogens with zero attached hydrogens (tertiary/aromatic N) is 3. The Labute approximate surface area is 165 Å². The van der Waals surface area contributed by atoms with Gasteiger partial charge in [-0.25, -0.2) is 4.79 Å². The molecule has 2 heterocycles. The van der Waals surface area contributed by atoms with E-state index in [1.54, 1.807) is 23.1 Å². The van der Waals surface area contributed by atoms with Gasteiger partial charge in [0.25, 0.3) is 11.8 Å². The van der Waals surface area contributed by atoms with Crippen LogP contribution >= 0.6 is 0 Å². The number of carbonyl (C=O) groups is 2. The van der Waals surface area contributed by atoms with Gasteiger partial charge >= 0.3 is 12.5 Å². The van der Waals surface area contributed by atoms with E-state index in [0.29, 0.717) is 17.7 Å². The van der Waals surface area contributed by atoms with Crippen molar-refractivity contribution in [2.24, 2.45) is 0 Å². The minimum absolute atomic E-state index is 0.0581. The lowest BCUT2D eigenvalue weighted by atomic mass is 9.89. The maximum atomic E-state index is 13.1. The molecule has 2 atom stereocenters. The van der Waals surface area contributed by atoms with E-state index in [1.165, 1.54) is 7.11 Å². The molecule has 0 spiro atoms. The van der Waals surface area contributed by atoms with Crippen LogP contribution in [0.25, 0.3) is 11.5 Å². The molecule has 1 aromatic heterocycles. The number of aromatic nitrogens is 2. The van der Waals surface area contributed by atoms with E-state index in [2.05, 4.69) is 15.5 Å². The summed E-state index contributed by atoms with van der Waals surface area (Å²) in [6, 6.07) is 4.70. The Kier molecular flexibility index (Phi) is 5.16. The van der Waals surface area contributed by atoms with Crippen LogP contribution in [0.5, 0.6) is 0 Å². The largest absolute Gasteiger partial charge is 0.453 e. The Morgan fingerprint density at radius 1 is 1.31 bits per heavy atom. The van der Waals surface area contributed by atoms with Gasteiger partial charge in [-0.05, 0) is 30.5 Å². The Morgan fingerprint density at radius 2 is 2.10 bits per heavy atom. The van der Waals surface area contributed by atoms with Crippen LogP contribution in [0.3, 0.4) is 0 Å². The Balaban J connectivity index is 1.57. The van der Waals surface area contributed by atoms with Crippen LogP contribution in [0.4, 0.5) is 13.6 Å². The molecule has 10 heteroatoms. The van der Waals surface area contributed by atoms with Crippen molar-refractivity contribution in [1.29, 1.82) is 0 Å². The van der Waals surface area contributed by atoms with Crippen LogP contribution in [0, 0.1) is 0 Å². The van der Waals surface area contributed by atoms with E-state index >= 15 is 0 Å². The third kappa shape index (κ3) is 3.66. The third-order valence-electron chi connectivity index (χ3n) is 5.43. The zero-order valence-corrected chi connectivity index (χ0v) is 15.7. The average molecular weight is 406 g/mol. The molecule has 1 unspecified atom stereocenters. The minimum Gasteiger partial charge on any atom is -0.453 e. The maximum absolute atomic E-state index is 13.1. The van der Waals surface area contributed by atoms with Crippen molar-refractivity contribution >= 4 is 12.0 Å². The SMILES string of the molecule is COC(=O)N[C@H]1CCCCC1N1Cc2ccc(-c3nnc(C(F)F)o3)cc2C1=O. The standard InChI is InChI=1S/C19H20F2N4O4/c1-28-19(27)22-13-4-2-3-5-14(13)25-9-11-7-6-10(8-12(11)18(25)26)16-23-24-17(29-16)15(20)21/h6-8,13-15H,2-5,9H2,1H3,(H,22,27)/t13-,14?/m0/s1. The van der Waals surface area contributed by atoms with Crippen molar-refractivity contribution in [3.63, 3.8) is 0 Å². The molecular weight excluding hydrogens is 386 g/mol. The van der Waals surface area contributed by atoms with Gasteiger partial charge in [0.05, 0.1) is 19.2 Å². The van der Waals surface area contributed by atoms with E-state index in [0.717, 1.165) is 31.2 Å². The van der Waals surface area contributed by atoms with Crippen LogP contribution in [0.2, 0.25) is 0 Å². The molecule has 1 aliphatic carbocycles. The molecule has 1 aliphatic heterocycles. The molecule has 0 bridgehead atoms. The van der Waals surface area contributed by atoms with Gasteiger partial charge in [0.15, 0.2) is 0 Å². The highest BCUT2D eigenvalue weighted by Gasteiger charge is 2.39. The number of alkyl carbamates (subject to hydrolysis) is 1. The first-order chi connectivity index (χ1) is 14.0. The number of halogens is 2. The van der Waals surface area contributed by atoms with Crippen molar-refractivity contribution in [2.45, 2.75) is 50.7 Å². The lowest BCUT2D eigenvalue weighted by molar-refractivity contribution is 0.0596. The van der Waals surface area contributed by atoms with Crippen molar-refractivity contribution in [3.05, 3.63) is 35.2 Å². The molecule has 2 aromatic rings. The van der Waals surface area contributed by atoms with E-state index in [1.807, 2.05) is 0 Å². The number of ether oxygens (including phenoxy) is 1. The summed E-state index contributed by atoms with van der Waals surface area (Å²) >= 11 is 0. The molecule has 1 fully saturated rings. The zero-order chi connectivity index (χ0) is 20.5. The van der Waals surface area contributed by atoms with Gasteiger partial charge in [-0.3, -0.25) is 4.79 Å². The number of fused-ring (bicyclic) bond motifs is 1. The second-order valence-corrected chi connectivity index (χ2v) is 7.15. The Morgan fingerprint density at radius 3 is 2.83 bits per heavy atom. The van der Waals surface area contributed by atoms with E-state index in [-0.39, 0.29) is 23.9 Å². The van der Waals surface area contributed by atoms with Crippen molar-refractivity contribution in [2.75, 3.05) is 7.11 Å². The van der Waals surface area contributed by atoms with Gasteiger partial charge in [0, 0.05) is 17.7 Å². The molecule has 1 saturated carbocycles. The summed E-state index contributed by atoms with van der Waals surface area (Å²) in [4.78, 5) is 26.5. The summed E-state index contributed by atoms with van der Waals surface area (Å²) in [7, 11) is 1.31. The lowest BCUT2D eigenvalue weighted by Crippen LogP contribution is -2.53. The highest BCUT2D eigenvalue weighted by molar-refractivity contribution is 5.99. The Bertz CT molecular complexity index is 933. The van der Waals surface area contributed by atoms with Crippen molar-refractivity contribution in [1.82, 2.24) is 20.4 Å². The minimum atomic E-state index is -2.85. The molecule has 29 heavy (non-hydrogen) atoms. The fourth-order valence-corrected chi connectivity index (χ4v) is 4.03. The Hall–Kier alpha value is -3.04. The average Bonchev–Trinajstić information content (AvgIpc) is 3.34. The number of hydrogen-bond acceptors (Lipinski definition) is 6. The molecule has 4 rings (SSSR count). The van der Waals surface area contributed by atoms with Gasteiger partial charge < -0.3 is 19.4 Å². The number of carbonyl (C=O) groups excluding carboxylic acids is 2. The number of amides is 2. The highest BCUT2D eigenvalue weighted by atomic mass is 19.3. The second-order valence-electron chi connectivity index (χ2n) is 7.15. The summed E-state index contributed by atoms with van der Waals surface area (Å²) in [5.41, 5.74) is 1.71. The summed E-state index contributed by atoms with van der Waals surface area (Å²) in [5, 5.41) is 9.80. The van der Waals surface area contributed by atoms with Gasteiger partial charge in [0.2, 0.25) is 5.89 Å². The molecular formula is C19H20F2N4O4. The van der Waals surface area contributed by atoms with Crippen molar-refractivity contribution < 1.29 is 27.5 Å². The predicted molar refractivity (Wildman–Crippen MR) is 96.1 cm³/mol. The quantitative estimate of drug-likeness (QED) is 0.837. The van der Waals surface area contributed by atoms with Crippen LogP contribution in [0.15, 0.2) is 22.6 Å². The number of methoxy groups -OCH3 is 1. The molecule has 2 amide bonds. The summed E-state index contributed by atoms with van der Waals surface area (Å²) in [6.07, 6.45) is 0.112. The first kappa shape index (κ1) is 19.3.